The third kappa shape index (κ3) is 4.27. The lowest BCUT2D eigenvalue weighted by molar-refractivity contribution is -0.126. The van der Waals surface area contributed by atoms with Crippen LogP contribution in [0.3, 0.4) is 0 Å². The van der Waals surface area contributed by atoms with E-state index < -0.39 is 6.04 Å². The molecule has 2 amide bonds. The van der Waals surface area contributed by atoms with Crippen LogP contribution in [0.1, 0.15) is 25.7 Å². The Bertz CT molecular complexity index is 636. The molecule has 2 aliphatic rings. The Morgan fingerprint density at radius 1 is 1.23 bits per heavy atom. The summed E-state index contributed by atoms with van der Waals surface area (Å²) in [5, 5.41) is 6.20. The quantitative estimate of drug-likeness (QED) is 0.766. The fourth-order valence-electron chi connectivity index (χ4n) is 3.58. The highest BCUT2D eigenvalue weighted by Gasteiger charge is 2.34. The Morgan fingerprint density at radius 2 is 1.96 bits per heavy atom. The van der Waals surface area contributed by atoms with Gasteiger partial charge in [0.2, 0.25) is 11.8 Å². The van der Waals surface area contributed by atoms with Gasteiger partial charge in [0.1, 0.15) is 17.5 Å². The molecule has 2 N–H and O–H groups in total. The van der Waals surface area contributed by atoms with Crippen LogP contribution in [0, 0.1) is 5.92 Å². The lowest BCUT2D eigenvalue weighted by Crippen LogP contribution is -2.41. The van der Waals surface area contributed by atoms with E-state index in [4.69, 9.17) is 9.47 Å². The van der Waals surface area contributed by atoms with Crippen LogP contribution in [0.25, 0.3) is 0 Å². The van der Waals surface area contributed by atoms with E-state index in [0.29, 0.717) is 36.8 Å². The summed E-state index contributed by atoms with van der Waals surface area (Å²) < 4.78 is 10.5. The Hall–Kier alpha value is -2.28. The molecule has 2 saturated heterocycles. The Balaban J connectivity index is 1.58. The highest BCUT2D eigenvalue weighted by Crippen LogP contribution is 2.31. The summed E-state index contributed by atoms with van der Waals surface area (Å²) in [4.78, 5) is 26.6. The number of anilines is 1. The molecule has 0 saturated carbocycles. The molecular formula is C19H27N3O4. The number of methoxy groups -OCH3 is 2. The zero-order chi connectivity index (χ0) is 18.5. The molecule has 3 rings (SSSR count). The van der Waals surface area contributed by atoms with Gasteiger partial charge in [0.05, 0.1) is 19.9 Å². The summed E-state index contributed by atoms with van der Waals surface area (Å²) in [7, 11) is 3.15. The first kappa shape index (κ1) is 18.5. The van der Waals surface area contributed by atoms with Gasteiger partial charge in [-0.05, 0) is 38.3 Å². The molecule has 2 unspecified atom stereocenters. The van der Waals surface area contributed by atoms with Crippen molar-refractivity contribution < 1.29 is 19.1 Å². The van der Waals surface area contributed by atoms with Crippen LogP contribution in [-0.2, 0) is 9.59 Å². The molecule has 0 spiro atoms. The molecule has 142 valence electrons. The lowest BCUT2D eigenvalue weighted by Gasteiger charge is -2.19. The van der Waals surface area contributed by atoms with Crippen molar-refractivity contribution in [1.82, 2.24) is 10.6 Å². The molecule has 2 aliphatic heterocycles. The maximum absolute atomic E-state index is 12.7. The predicted octanol–water partition coefficient (Wildman–Crippen LogP) is 1.31. The maximum Gasteiger partial charge on any atom is 0.249 e. The van der Waals surface area contributed by atoms with E-state index in [0.717, 1.165) is 31.6 Å². The van der Waals surface area contributed by atoms with Gasteiger partial charge in [-0.25, -0.2) is 0 Å². The molecule has 26 heavy (non-hydrogen) atoms. The van der Waals surface area contributed by atoms with Crippen LogP contribution >= 0.6 is 0 Å². The maximum atomic E-state index is 12.7. The largest absolute Gasteiger partial charge is 0.497 e. The molecule has 2 fully saturated rings. The van der Waals surface area contributed by atoms with Crippen molar-refractivity contribution >= 4 is 17.5 Å². The second kappa shape index (κ2) is 8.40. The molecule has 0 radical (unpaired) electrons. The smallest absolute Gasteiger partial charge is 0.249 e. The second-order valence-corrected chi connectivity index (χ2v) is 6.87. The summed E-state index contributed by atoms with van der Waals surface area (Å²) in [5.74, 6) is 1.70. The van der Waals surface area contributed by atoms with Gasteiger partial charge in [-0.2, -0.15) is 0 Å². The van der Waals surface area contributed by atoms with Crippen molar-refractivity contribution in [2.75, 3.05) is 38.8 Å². The van der Waals surface area contributed by atoms with Crippen molar-refractivity contribution in [1.29, 1.82) is 0 Å². The molecule has 2 heterocycles. The number of hydrogen-bond acceptors (Lipinski definition) is 5. The minimum absolute atomic E-state index is 0.0414. The number of amides is 2. The number of benzene rings is 1. The van der Waals surface area contributed by atoms with Crippen molar-refractivity contribution in [3.05, 3.63) is 18.2 Å². The number of carbonyl (C=O) groups is 2. The Kier molecular flexibility index (Phi) is 5.98. The molecule has 1 aromatic rings. The minimum atomic E-state index is -0.457. The number of hydrogen-bond donors (Lipinski definition) is 2. The van der Waals surface area contributed by atoms with E-state index >= 15 is 0 Å². The predicted molar refractivity (Wildman–Crippen MR) is 98.7 cm³/mol. The van der Waals surface area contributed by atoms with E-state index in [-0.39, 0.29) is 11.8 Å². The number of nitrogens with one attached hydrogen (secondary N) is 2. The fourth-order valence-corrected chi connectivity index (χ4v) is 3.58. The normalized spacial score (nSPS) is 22.5. The first-order valence-corrected chi connectivity index (χ1v) is 9.15. The molecule has 0 bridgehead atoms. The van der Waals surface area contributed by atoms with Gasteiger partial charge in [-0.1, -0.05) is 0 Å². The number of carbonyl (C=O) groups excluding carboxylic acids is 2. The van der Waals surface area contributed by atoms with Crippen molar-refractivity contribution in [3.63, 3.8) is 0 Å². The van der Waals surface area contributed by atoms with Crippen LogP contribution < -0.4 is 25.0 Å². The summed E-state index contributed by atoms with van der Waals surface area (Å²) in [6.07, 6.45) is 3.08. The average molecular weight is 361 g/mol. The molecule has 7 heteroatoms. The molecule has 2 atom stereocenters. The standard InChI is InChI=1S/C19H27N3O4/c1-25-15-9-14(10-16(11-15)26-2)22-8-6-17(19(22)24)21-18(23)4-3-13-5-7-20-12-13/h9-11,13,17,20H,3-8,12H2,1-2H3,(H,21,23). The van der Waals surface area contributed by atoms with Crippen LogP contribution in [0.4, 0.5) is 5.69 Å². The number of rotatable bonds is 7. The van der Waals surface area contributed by atoms with Crippen LogP contribution in [-0.4, -0.2) is 51.7 Å². The van der Waals surface area contributed by atoms with Gasteiger partial charge < -0.3 is 25.0 Å². The minimum Gasteiger partial charge on any atom is -0.497 e. The summed E-state index contributed by atoms with van der Waals surface area (Å²) in [6, 6.07) is 4.91. The number of ether oxygens (including phenoxy) is 2. The molecule has 0 aromatic heterocycles. The Labute approximate surface area is 154 Å². The van der Waals surface area contributed by atoms with Crippen molar-refractivity contribution in [2.45, 2.75) is 31.7 Å². The zero-order valence-corrected chi connectivity index (χ0v) is 15.4. The van der Waals surface area contributed by atoms with Crippen LogP contribution in [0.2, 0.25) is 0 Å². The first-order valence-electron chi connectivity index (χ1n) is 9.15. The summed E-state index contributed by atoms with van der Waals surface area (Å²) in [5.41, 5.74) is 0.722. The van der Waals surface area contributed by atoms with E-state index in [2.05, 4.69) is 10.6 Å². The van der Waals surface area contributed by atoms with Crippen molar-refractivity contribution in [3.8, 4) is 11.5 Å². The fraction of sp³-hybridized carbons (Fsp3) is 0.579. The van der Waals surface area contributed by atoms with Gasteiger partial charge in [0.15, 0.2) is 0 Å². The third-order valence-corrected chi connectivity index (χ3v) is 5.13. The van der Waals surface area contributed by atoms with Gasteiger partial charge >= 0.3 is 0 Å². The van der Waals surface area contributed by atoms with E-state index in [9.17, 15) is 9.59 Å². The second-order valence-electron chi connectivity index (χ2n) is 6.87. The number of nitrogens with zero attached hydrogens (tertiary/aromatic N) is 1. The summed E-state index contributed by atoms with van der Waals surface area (Å²) in [6.45, 7) is 2.58. The highest BCUT2D eigenvalue weighted by atomic mass is 16.5. The van der Waals surface area contributed by atoms with Gasteiger partial charge in [-0.15, -0.1) is 0 Å². The van der Waals surface area contributed by atoms with Crippen molar-refractivity contribution in [2.24, 2.45) is 5.92 Å². The van der Waals surface area contributed by atoms with E-state index in [1.165, 1.54) is 0 Å². The van der Waals surface area contributed by atoms with E-state index in [1.54, 1.807) is 37.3 Å². The highest BCUT2D eigenvalue weighted by molar-refractivity contribution is 6.01. The molecule has 1 aromatic carbocycles. The Morgan fingerprint density at radius 3 is 2.58 bits per heavy atom. The monoisotopic (exact) mass is 361 g/mol. The summed E-state index contributed by atoms with van der Waals surface area (Å²) >= 11 is 0. The third-order valence-electron chi connectivity index (χ3n) is 5.13. The molecule has 0 aliphatic carbocycles. The van der Waals surface area contributed by atoms with Crippen LogP contribution in [0.5, 0.6) is 11.5 Å². The zero-order valence-electron chi connectivity index (χ0n) is 15.4. The topological polar surface area (TPSA) is 79.9 Å². The van der Waals surface area contributed by atoms with E-state index in [1.807, 2.05) is 0 Å². The van der Waals surface area contributed by atoms with Crippen LogP contribution in [0.15, 0.2) is 18.2 Å². The first-order chi connectivity index (χ1) is 12.6. The average Bonchev–Trinajstić information content (AvgIpc) is 3.30. The molecule has 7 nitrogen and oxygen atoms in total. The SMILES string of the molecule is COc1cc(OC)cc(N2CCC(NC(=O)CCC3CCNC3)C2=O)c1. The van der Waals surface area contributed by atoms with Gasteiger partial charge in [0, 0.05) is 31.2 Å². The lowest BCUT2D eigenvalue weighted by atomic mass is 10.0. The van der Waals surface area contributed by atoms with Gasteiger partial charge in [-0.3, -0.25) is 9.59 Å². The van der Waals surface area contributed by atoms with Gasteiger partial charge in [0.25, 0.3) is 0 Å². The molecular weight excluding hydrogens is 334 g/mol.